The molecule has 4 N–H and O–H groups in total. The molecule has 94 valence electrons. The quantitative estimate of drug-likeness (QED) is 0.674. The molecule has 1 aromatic carbocycles. The summed E-state index contributed by atoms with van der Waals surface area (Å²) >= 11 is 0. The third-order valence-electron chi connectivity index (χ3n) is 2.63. The molecule has 1 aliphatic heterocycles. The van der Waals surface area contributed by atoms with E-state index in [4.69, 9.17) is 19.9 Å². The highest BCUT2D eigenvalue weighted by Crippen LogP contribution is 2.43. The Kier molecular flexibility index (Phi) is 3.37. The molecule has 0 saturated carbocycles. The SMILES string of the molecule is COc1cc(C(O)C(O)CN)cc2c1OCO2. The highest BCUT2D eigenvalue weighted by atomic mass is 16.7. The van der Waals surface area contributed by atoms with Crippen molar-refractivity contribution in [3.05, 3.63) is 17.7 Å². The van der Waals surface area contributed by atoms with Crippen molar-refractivity contribution in [2.45, 2.75) is 12.2 Å². The normalized spacial score (nSPS) is 16.7. The van der Waals surface area contributed by atoms with Crippen LogP contribution in [0.3, 0.4) is 0 Å². The lowest BCUT2D eigenvalue weighted by Crippen LogP contribution is -2.27. The average Bonchev–Trinajstić information content (AvgIpc) is 2.83. The number of hydrogen-bond donors (Lipinski definition) is 3. The minimum Gasteiger partial charge on any atom is -0.493 e. The van der Waals surface area contributed by atoms with Crippen molar-refractivity contribution in [1.29, 1.82) is 0 Å². The van der Waals surface area contributed by atoms with Crippen LogP contribution in [-0.2, 0) is 0 Å². The Balaban J connectivity index is 2.36. The number of aliphatic hydroxyl groups is 2. The molecule has 1 aliphatic rings. The van der Waals surface area contributed by atoms with Crippen LogP contribution in [0.4, 0.5) is 0 Å². The maximum absolute atomic E-state index is 9.86. The van der Waals surface area contributed by atoms with E-state index < -0.39 is 12.2 Å². The second kappa shape index (κ2) is 4.79. The fourth-order valence-corrected chi connectivity index (χ4v) is 1.67. The number of aliphatic hydroxyl groups excluding tert-OH is 2. The minimum absolute atomic E-state index is 0.0298. The molecule has 0 aromatic heterocycles. The van der Waals surface area contributed by atoms with E-state index in [0.29, 0.717) is 22.8 Å². The van der Waals surface area contributed by atoms with Gasteiger partial charge in [-0.05, 0) is 17.7 Å². The number of methoxy groups -OCH3 is 1. The summed E-state index contributed by atoms with van der Waals surface area (Å²) in [5, 5.41) is 19.4. The molecular formula is C11H15NO5. The Morgan fingerprint density at radius 1 is 1.41 bits per heavy atom. The fraction of sp³-hybridized carbons (Fsp3) is 0.455. The minimum atomic E-state index is -1.08. The van der Waals surface area contributed by atoms with E-state index in [2.05, 4.69) is 0 Å². The summed E-state index contributed by atoms with van der Waals surface area (Å²) in [7, 11) is 1.49. The van der Waals surface area contributed by atoms with E-state index >= 15 is 0 Å². The summed E-state index contributed by atoms with van der Waals surface area (Å²) in [5.74, 6) is 1.45. The average molecular weight is 241 g/mol. The Hall–Kier alpha value is -1.50. The second-order valence-corrected chi connectivity index (χ2v) is 3.70. The van der Waals surface area contributed by atoms with Crippen molar-refractivity contribution in [1.82, 2.24) is 0 Å². The zero-order valence-corrected chi connectivity index (χ0v) is 9.42. The van der Waals surface area contributed by atoms with Crippen molar-refractivity contribution in [2.75, 3.05) is 20.4 Å². The molecule has 0 amide bonds. The maximum atomic E-state index is 9.86. The van der Waals surface area contributed by atoms with Gasteiger partial charge in [0.05, 0.1) is 13.2 Å². The van der Waals surface area contributed by atoms with Crippen LogP contribution < -0.4 is 19.9 Å². The van der Waals surface area contributed by atoms with Gasteiger partial charge >= 0.3 is 0 Å². The van der Waals surface area contributed by atoms with Crippen molar-refractivity contribution in [2.24, 2.45) is 5.73 Å². The van der Waals surface area contributed by atoms with Crippen LogP contribution in [0.1, 0.15) is 11.7 Å². The molecule has 2 atom stereocenters. The van der Waals surface area contributed by atoms with Gasteiger partial charge < -0.3 is 30.2 Å². The third kappa shape index (κ3) is 2.14. The highest BCUT2D eigenvalue weighted by Gasteiger charge is 2.24. The highest BCUT2D eigenvalue weighted by molar-refractivity contribution is 5.55. The van der Waals surface area contributed by atoms with Gasteiger partial charge in [-0.1, -0.05) is 0 Å². The zero-order chi connectivity index (χ0) is 12.4. The number of ether oxygens (including phenoxy) is 3. The van der Waals surface area contributed by atoms with E-state index in [1.165, 1.54) is 7.11 Å². The zero-order valence-electron chi connectivity index (χ0n) is 9.42. The first-order valence-corrected chi connectivity index (χ1v) is 5.21. The Bertz CT molecular complexity index is 409. The number of nitrogens with two attached hydrogens (primary N) is 1. The topological polar surface area (TPSA) is 94.2 Å². The molecule has 0 radical (unpaired) electrons. The predicted molar refractivity (Wildman–Crippen MR) is 59.1 cm³/mol. The smallest absolute Gasteiger partial charge is 0.231 e. The summed E-state index contributed by atoms with van der Waals surface area (Å²) in [6, 6.07) is 3.20. The Morgan fingerprint density at radius 2 is 2.18 bits per heavy atom. The first-order chi connectivity index (χ1) is 8.17. The van der Waals surface area contributed by atoms with Gasteiger partial charge in [0.15, 0.2) is 11.5 Å². The van der Waals surface area contributed by atoms with Crippen LogP contribution in [-0.4, -0.2) is 36.8 Å². The van der Waals surface area contributed by atoms with Crippen LogP contribution >= 0.6 is 0 Å². The Morgan fingerprint density at radius 3 is 2.82 bits per heavy atom. The van der Waals surface area contributed by atoms with E-state index in [9.17, 15) is 10.2 Å². The molecule has 2 unspecified atom stereocenters. The van der Waals surface area contributed by atoms with E-state index in [1.54, 1.807) is 12.1 Å². The summed E-state index contributed by atoms with van der Waals surface area (Å²) in [6.45, 7) is 0.0859. The molecule has 0 saturated heterocycles. The van der Waals surface area contributed by atoms with Gasteiger partial charge in [-0.3, -0.25) is 0 Å². The summed E-state index contributed by atoms with van der Waals surface area (Å²) in [4.78, 5) is 0. The van der Waals surface area contributed by atoms with Gasteiger partial charge in [-0.2, -0.15) is 0 Å². The maximum Gasteiger partial charge on any atom is 0.231 e. The first-order valence-electron chi connectivity index (χ1n) is 5.21. The molecule has 0 bridgehead atoms. The molecular weight excluding hydrogens is 226 g/mol. The van der Waals surface area contributed by atoms with Crippen molar-refractivity contribution < 1.29 is 24.4 Å². The van der Waals surface area contributed by atoms with Crippen molar-refractivity contribution in [3.8, 4) is 17.2 Å². The lowest BCUT2D eigenvalue weighted by atomic mass is 10.0. The summed E-state index contributed by atoms with van der Waals surface area (Å²) in [5.41, 5.74) is 5.77. The molecule has 1 heterocycles. The van der Waals surface area contributed by atoms with Crippen LogP contribution in [0, 0.1) is 0 Å². The fourth-order valence-electron chi connectivity index (χ4n) is 1.67. The number of benzene rings is 1. The van der Waals surface area contributed by atoms with Crippen LogP contribution in [0.2, 0.25) is 0 Å². The standard InChI is InChI=1S/C11H15NO5/c1-15-8-2-6(10(14)7(13)4-12)3-9-11(8)17-5-16-9/h2-3,7,10,13-14H,4-5,12H2,1H3. The van der Waals surface area contributed by atoms with E-state index in [1.807, 2.05) is 0 Å². The lowest BCUT2D eigenvalue weighted by molar-refractivity contribution is 0.0241. The molecule has 1 aromatic rings. The molecule has 2 rings (SSSR count). The number of fused-ring (bicyclic) bond motifs is 1. The lowest BCUT2D eigenvalue weighted by Gasteiger charge is -2.17. The summed E-state index contributed by atoms with van der Waals surface area (Å²) < 4.78 is 15.6. The first kappa shape index (κ1) is 12.0. The van der Waals surface area contributed by atoms with Crippen molar-refractivity contribution >= 4 is 0 Å². The van der Waals surface area contributed by atoms with E-state index in [-0.39, 0.29) is 13.3 Å². The molecule has 0 spiro atoms. The van der Waals surface area contributed by atoms with Crippen LogP contribution in [0.25, 0.3) is 0 Å². The van der Waals surface area contributed by atoms with Gasteiger partial charge in [-0.25, -0.2) is 0 Å². The Labute approximate surface area is 98.5 Å². The van der Waals surface area contributed by atoms with Gasteiger partial charge in [0, 0.05) is 6.54 Å². The van der Waals surface area contributed by atoms with Crippen LogP contribution in [0.5, 0.6) is 17.2 Å². The monoisotopic (exact) mass is 241 g/mol. The van der Waals surface area contributed by atoms with Gasteiger partial charge in [-0.15, -0.1) is 0 Å². The van der Waals surface area contributed by atoms with Gasteiger partial charge in [0.2, 0.25) is 12.5 Å². The van der Waals surface area contributed by atoms with Gasteiger partial charge in [0.1, 0.15) is 6.10 Å². The predicted octanol–water partition coefficient (Wildman–Crippen LogP) is -0.223. The third-order valence-corrected chi connectivity index (χ3v) is 2.63. The molecule has 6 nitrogen and oxygen atoms in total. The van der Waals surface area contributed by atoms with Crippen LogP contribution in [0.15, 0.2) is 12.1 Å². The van der Waals surface area contributed by atoms with Crippen molar-refractivity contribution in [3.63, 3.8) is 0 Å². The largest absolute Gasteiger partial charge is 0.493 e. The molecule has 0 fully saturated rings. The van der Waals surface area contributed by atoms with Gasteiger partial charge in [0.25, 0.3) is 0 Å². The summed E-state index contributed by atoms with van der Waals surface area (Å²) in [6.07, 6.45) is -2.11. The second-order valence-electron chi connectivity index (χ2n) is 3.70. The van der Waals surface area contributed by atoms with E-state index in [0.717, 1.165) is 0 Å². The molecule has 6 heteroatoms. The molecule has 17 heavy (non-hydrogen) atoms. The number of hydrogen-bond acceptors (Lipinski definition) is 6. The molecule has 0 aliphatic carbocycles. The number of rotatable bonds is 4.